The van der Waals surface area contributed by atoms with Crippen molar-refractivity contribution < 1.29 is 4.79 Å². The van der Waals surface area contributed by atoms with E-state index in [2.05, 4.69) is 21.7 Å². The van der Waals surface area contributed by atoms with Gasteiger partial charge in [0.15, 0.2) is 5.13 Å². The Labute approximate surface area is 91.3 Å². The van der Waals surface area contributed by atoms with Crippen LogP contribution in [-0.2, 0) is 0 Å². The van der Waals surface area contributed by atoms with Gasteiger partial charge in [0.1, 0.15) is 0 Å². The van der Waals surface area contributed by atoms with Gasteiger partial charge in [0.05, 0.1) is 10.2 Å². The number of carbonyl (C=O) groups is 1. The number of nitrogens with zero attached hydrogens (tertiary/aromatic N) is 1. The molecule has 78 valence electrons. The normalized spacial score (nSPS) is 10.3. The van der Waals surface area contributed by atoms with Crippen LogP contribution in [0.5, 0.6) is 0 Å². The van der Waals surface area contributed by atoms with E-state index in [-0.39, 0.29) is 6.03 Å². The standard InChI is InChI=1S/C10H11N3OS/c1-6-3-4-7-8(5-6)15-10(12-7)13-9(14)11-2/h3-5H,1-2H3,(H2,11,12,13,14). The quantitative estimate of drug-likeness (QED) is 0.776. The molecule has 2 rings (SSSR count). The van der Waals surface area contributed by atoms with Crippen molar-refractivity contribution in [3.05, 3.63) is 23.8 Å². The lowest BCUT2D eigenvalue weighted by molar-refractivity contribution is 0.254. The monoisotopic (exact) mass is 221 g/mol. The summed E-state index contributed by atoms with van der Waals surface area (Å²) in [6, 6.07) is 5.77. The van der Waals surface area contributed by atoms with Crippen LogP contribution in [-0.4, -0.2) is 18.1 Å². The van der Waals surface area contributed by atoms with Gasteiger partial charge in [0.2, 0.25) is 0 Å². The number of nitrogens with one attached hydrogen (secondary N) is 2. The molecule has 0 bridgehead atoms. The Hall–Kier alpha value is -1.62. The zero-order chi connectivity index (χ0) is 10.8. The number of thiazole rings is 1. The maximum atomic E-state index is 11.1. The van der Waals surface area contributed by atoms with Crippen LogP contribution in [0, 0.1) is 6.92 Å². The summed E-state index contributed by atoms with van der Waals surface area (Å²) in [7, 11) is 1.58. The van der Waals surface area contributed by atoms with E-state index in [0.29, 0.717) is 5.13 Å². The van der Waals surface area contributed by atoms with Gasteiger partial charge in [-0.05, 0) is 24.6 Å². The van der Waals surface area contributed by atoms with Crippen LogP contribution in [0.3, 0.4) is 0 Å². The summed E-state index contributed by atoms with van der Waals surface area (Å²) in [6.07, 6.45) is 0. The van der Waals surface area contributed by atoms with Crippen LogP contribution in [0.2, 0.25) is 0 Å². The van der Waals surface area contributed by atoms with E-state index in [1.54, 1.807) is 7.05 Å². The fraction of sp³-hybridized carbons (Fsp3) is 0.200. The number of aryl methyl sites for hydroxylation is 1. The third-order valence-corrected chi connectivity index (χ3v) is 2.93. The van der Waals surface area contributed by atoms with Crippen LogP contribution >= 0.6 is 11.3 Å². The lowest BCUT2D eigenvalue weighted by Crippen LogP contribution is -2.24. The van der Waals surface area contributed by atoms with Crippen molar-refractivity contribution in [2.75, 3.05) is 12.4 Å². The Bertz CT molecular complexity index is 506. The van der Waals surface area contributed by atoms with Gasteiger partial charge < -0.3 is 5.32 Å². The molecule has 0 unspecified atom stereocenters. The molecule has 2 amide bonds. The van der Waals surface area contributed by atoms with Gasteiger partial charge in [-0.2, -0.15) is 0 Å². The molecule has 1 aromatic heterocycles. The summed E-state index contributed by atoms with van der Waals surface area (Å²) >= 11 is 1.47. The number of hydrogen-bond donors (Lipinski definition) is 2. The predicted molar refractivity (Wildman–Crippen MR) is 62.4 cm³/mol. The summed E-state index contributed by atoms with van der Waals surface area (Å²) in [6.45, 7) is 2.03. The highest BCUT2D eigenvalue weighted by Crippen LogP contribution is 2.26. The maximum Gasteiger partial charge on any atom is 0.320 e. The first-order valence-electron chi connectivity index (χ1n) is 4.55. The number of urea groups is 1. The molecule has 15 heavy (non-hydrogen) atoms. The molecule has 1 aromatic carbocycles. The molecular formula is C10H11N3OS. The molecule has 0 fully saturated rings. The van der Waals surface area contributed by atoms with Crippen molar-refractivity contribution in [1.82, 2.24) is 10.3 Å². The number of rotatable bonds is 1. The average molecular weight is 221 g/mol. The molecule has 0 aliphatic rings. The minimum Gasteiger partial charge on any atom is -0.341 e. The number of aromatic nitrogens is 1. The van der Waals surface area contributed by atoms with E-state index in [0.717, 1.165) is 10.2 Å². The molecule has 0 aliphatic carbocycles. The minimum absolute atomic E-state index is 0.245. The smallest absolute Gasteiger partial charge is 0.320 e. The summed E-state index contributed by atoms with van der Waals surface area (Å²) in [5.41, 5.74) is 2.11. The van der Waals surface area contributed by atoms with E-state index < -0.39 is 0 Å². The third kappa shape index (κ3) is 2.07. The van der Waals surface area contributed by atoms with Crippen LogP contribution in [0.25, 0.3) is 10.2 Å². The van der Waals surface area contributed by atoms with Gasteiger partial charge in [-0.3, -0.25) is 5.32 Å². The molecule has 0 spiro atoms. The van der Waals surface area contributed by atoms with E-state index in [1.165, 1.54) is 16.9 Å². The molecule has 4 nitrogen and oxygen atoms in total. The van der Waals surface area contributed by atoms with Crippen molar-refractivity contribution >= 4 is 32.7 Å². The van der Waals surface area contributed by atoms with Gasteiger partial charge in [0, 0.05) is 7.05 Å². The molecule has 2 N–H and O–H groups in total. The Morgan fingerprint density at radius 1 is 1.47 bits per heavy atom. The van der Waals surface area contributed by atoms with Crippen LogP contribution in [0.1, 0.15) is 5.56 Å². The summed E-state index contributed by atoms with van der Waals surface area (Å²) in [5, 5.41) is 5.76. The summed E-state index contributed by atoms with van der Waals surface area (Å²) < 4.78 is 1.08. The highest BCUT2D eigenvalue weighted by Gasteiger charge is 2.05. The molecule has 0 atom stereocenters. The Morgan fingerprint density at radius 2 is 2.27 bits per heavy atom. The summed E-state index contributed by atoms with van der Waals surface area (Å²) in [4.78, 5) is 15.4. The van der Waals surface area contributed by atoms with Gasteiger partial charge in [0.25, 0.3) is 0 Å². The molecule has 5 heteroatoms. The van der Waals surface area contributed by atoms with Crippen molar-refractivity contribution in [1.29, 1.82) is 0 Å². The van der Waals surface area contributed by atoms with Crippen molar-refractivity contribution in [3.63, 3.8) is 0 Å². The number of fused-ring (bicyclic) bond motifs is 1. The number of anilines is 1. The topological polar surface area (TPSA) is 54.0 Å². The van der Waals surface area contributed by atoms with E-state index in [1.807, 2.05) is 19.1 Å². The van der Waals surface area contributed by atoms with Gasteiger partial charge in [-0.15, -0.1) is 0 Å². The highest BCUT2D eigenvalue weighted by atomic mass is 32.1. The molecule has 0 saturated heterocycles. The summed E-state index contributed by atoms with van der Waals surface area (Å²) in [5.74, 6) is 0. The fourth-order valence-electron chi connectivity index (χ4n) is 1.24. The first kappa shape index (κ1) is 9.92. The van der Waals surface area contributed by atoms with Crippen LogP contribution < -0.4 is 10.6 Å². The molecule has 1 heterocycles. The second kappa shape index (κ2) is 3.86. The first-order chi connectivity index (χ1) is 7.19. The Morgan fingerprint density at radius 3 is 3.00 bits per heavy atom. The second-order valence-electron chi connectivity index (χ2n) is 3.19. The number of amides is 2. The fourth-order valence-corrected chi connectivity index (χ4v) is 2.20. The Balaban J connectivity index is 2.34. The minimum atomic E-state index is -0.245. The van der Waals surface area contributed by atoms with Crippen LogP contribution in [0.15, 0.2) is 18.2 Å². The molecule has 0 aliphatic heterocycles. The second-order valence-corrected chi connectivity index (χ2v) is 4.22. The van der Waals surface area contributed by atoms with Crippen molar-refractivity contribution in [3.8, 4) is 0 Å². The van der Waals surface area contributed by atoms with Gasteiger partial charge in [-0.1, -0.05) is 17.4 Å². The van der Waals surface area contributed by atoms with Crippen molar-refractivity contribution in [2.24, 2.45) is 0 Å². The van der Waals surface area contributed by atoms with E-state index >= 15 is 0 Å². The van der Waals surface area contributed by atoms with Gasteiger partial charge in [-0.25, -0.2) is 9.78 Å². The molecule has 0 saturated carbocycles. The lowest BCUT2D eigenvalue weighted by Gasteiger charge is -1.97. The maximum absolute atomic E-state index is 11.1. The predicted octanol–water partition coefficient (Wildman–Crippen LogP) is 2.36. The van der Waals surface area contributed by atoms with Crippen LogP contribution in [0.4, 0.5) is 9.93 Å². The third-order valence-electron chi connectivity index (χ3n) is 1.99. The molecule has 2 aromatic rings. The van der Waals surface area contributed by atoms with E-state index in [4.69, 9.17) is 0 Å². The average Bonchev–Trinajstić information content (AvgIpc) is 2.59. The zero-order valence-corrected chi connectivity index (χ0v) is 9.31. The molecule has 0 radical (unpaired) electrons. The number of benzene rings is 1. The largest absolute Gasteiger partial charge is 0.341 e. The Kier molecular flexibility index (Phi) is 2.55. The van der Waals surface area contributed by atoms with Crippen molar-refractivity contribution in [2.45, 2.75) is 6.92 Å². The number of carbonyl (C=O) groups excluding carboxylic acids is 1. The van der Waals surface area contributed by atoms with E-state index in [9.17, 15) is 4.79 Å². The van der Waals surface area contributed by atoms with Gasteiger partial charge >= 0.3 is 6.03 Å². The number of hydrogen-bond acceptors (Lipinski definition) is 3. The molecular weight excluding hydrogens is 210 g/mol. The SMILES string of the molecule is CNC(=O)Nc1nc2ccc(C)cc2s1. The highest BCUT2D eigenvalue weighted by molar-refractivity contribution is 7.22. The lowest BCUT2D eigenvalue weighted by atomic mass is 10.2. The zero-order valence-electron chi connectivity index (χ0n) is 8.50. The first-order valence-corrected chi connectivity index (χ1v) is 5.36.